The molecule has 2 aromatic heterocycles. The van der Waals surface area contributed by atoms with Gasteiger partial charge in [0.15, 0.2) is 17.3 Å². The number of nitrogens with zero attached hydrogens (tertiary/aromatic N) is 5. The van der Waals surface area contributed by atoms with Crippen LogP contribution in [0.15, 0.2) is 4.63 Å². The topological polar surface area (TPSA) is 95.7 Å². The van der Waals surface area contributed by atoms with Crippen molar-refractivity contribution in [3.05, 3.63) is 5.82 Å². The molecule has 0 amide bonds. The van der Waals surface area contributed by atoms with Gasteiger partial charge in [0.2, 0.25) is 0 Å². The van der Waals surface area contributed by atoms with E-state index >= 15 is 0 Å². The van der Waals surface area contributed by atoms with E-state index in [-0.39, 0.29) is 5.82 Å². The fourth-order valence-electron chi connectivity index (χ4n) is 0.964. The van der Waals surface area contributed by atoms with E-state index in [9.17, 15) is 0 Å². The second-order valence-corrected chi connectivity index (χ2v) is 2.63. The van der Waals surface area contributed by atoms with Gasteiger partial charge in [0.05, 0.1) is 0 Å². The first-order valence-electron chi connectivity index (χ1n) is 3.64. The second-order valence-electron chi connectivity index (χ2n) is 2.63. The van der Waals surface area contributed by atoms with Crippen molar-refractivity contribution in [2.24, 2.45) is 7.05 Å². The highest BCUT2D eigenvalue weighted by atomic mass is 16.6. The molecular weight excluding hydrogens is 172 g/mol. The molecule has 2 aromatic rings. The van der Waals surface area contributed by atoms with Crippen LogP contribution >= 0.6 is 0 Å². The van der Waals surface area contributed by atoms with E-state index < -0.39 is 0 Å². The lowest BCUT2D eigenvalue weighted by atomic mass is 10.4. The summed E-state index contributed by atoms with van der Waals surface area (Å²) in [6.45, 7) is 1.83. The summed E-state index contributed by atoms with van der Waals surface area (Å²) in [6.07, 6.45) is 0. The van der Waals surface area contributed by atoms with Crippen LogP contribution in [-0.2, 0) is 7.05 Å². The minimum absolute atomic E-state index is 0.218. The Kier molecular flexibility index (Phi) is 1.51. The minimum atomic E-state index is 0.218. The van der Waals surface area contributed by atoms with Gasteiger partial charge in [-0.1, -0.05) is 0 Å². The molecule has 2 heterocycles. The van der Waals surface area contributed by atoms with Crippen LogP contribution in [0.2, 0.25) is 0 Å². The SMILES string of the molecule is Cc1nnc(-c2nonc2N)n1C. The quantitative estimate of drug-likeness (QED) is 0.650. The molecular formula is C6H8N6O. The van der Waals surface area contributed by atoms with Crippen LogP contribution in [0.3, 0.4) is 0 Å². The zero-order valence-corrected chi connectivity index (χ0v) is 7.22. The molecule has 68 valence electrons. The number of aromatic nitrogens is 5. The van der Waals surface area contributed by atoms with Crippen molar-refractivity contribution in [2.45, 2.75) is 6.92 Å². The summed E-state index contributed by atoms with van der Waals surface area (Å²) in [5.41, 5.74) is 5.92. The molecule has 0 aliphatic carbocycles. The van der Waals surface area contributed by atoms with Gasteiger partial charge >= 0.3 is 0 Å². The van der Waals surface area contributed by atoms with E-state index in [2.05, 4.69) is 25.1 Å². The normalized spacial score (nSPS) is 10.6. The van der Waals surface area contributed by atoms with Gasteiger partial charge in [-0.2, -0.15) is 0 Å². The number of aryl methyl sites for hydroxylation is 1. The van der Waals surface area contributed by atoms with Crippen LogP contribution in [0.25, 0.3) is 11.5 Å². The third-order valence-corrected chi connectivity index (χ3v) is 1.82. The molecule has 0 aliphatic rings. The molecule has 0 saturated heterocycles. The van der Waals surface area contributed by atoms with E-state index in [1.165, 1.54) is 0 Å². The Labute approximate surface area is 73.5 Å². The van der Waals surface area contributed by atoms with Gasteiger partial charge in [-0.3, -0.25) is 0 Å². The van der Waals surface area contributed by atoms with Crippen LogP contribution < -0.4 is 5.73 Å². The van der Waals surface area contributed by atoms with Gasteiger partial charge < -0.3 is 10.3 Å². The van der Waals surface area contributed by atoms with Gasteiger partial charge in [0.1, 0.15) is 5.82 Å². The predicted molar refractivity (Wildman–Crippen MR) is 43.4 cm³/mol. The number of rotatable bonds is 1. The Balaban J connectivity index is 2.59. The highest BCUT2D eigenvalue weighted by Crippen LogP contribution is 2.18. The molecule has 0 atom stereocenters. The molecule has 7 heteroatoms. The molecule has 0 bridgehead atoms. The molecule has 0 saturated carbocycles. The van der Waals surface area contributed by atoms with Crippen LogP contribution in [0.4, 0.5) is 5.82 Å². The molecule has 0 aromatic carbocycles. The van der Waals surface area contributed by atoms with Gasteiger partial charge in [-0.05, 0) is 17.2 Å². The second kappa shape index (κ2) is 2.54. The van der Waals surface area contributed by atoms with Crippen molar-refractivity contribution in [1.82, 2.24) is 25.1 Å². The van der Waals surface area contributed by atoms with Gasteiger partial charge in [-0.25, -0.2) is 4.63 Å². The maximum absolute atomic E-state index is 5.50. The van der Waals surface area contributed by atoms with Gasteiger partial charge in [0.25, 0.3) is 0 Å². The Bertz CT molecular complexity index is 430. The lowest BCUT2D eigenvalue weighted by molar-refractivity contribution is 0.310. The summed E-state index contributed by atoms with van der Waals surface area (Å²) in [5.74, 6) is 1.55. The fraction of sp³-hybridized carbons (Fsp3) is 0.333. The first-order valence-corrected chi connectivity index (χ1v) is 3.64. The molecule has 7 nitrogen and oxygen atoms in total. The Morgan fingerprint density at radius 1 is 1.31 bits per heavy atom. The number of hydrogen-bond donors (Lipinski definition) is 1. The summed E-state index contributed by atoms with van der Waals surface area (Å²) < 4.78 is 6.22. The number of nitrogen functional groups attached to an aromatic ring is 1. The van der Waals surface area contributed by atoms with E-state index in [0.29, 0.717) is 11.5 Å². The maximum Gasteiger partial charge on any atom is 0.199 e. The zero-order chi connectivity index (χ0) is 9.42. The maximum atomic E-state index is 5.50. The first-order chi connectivity index (χ1) is 6.20. The first kappa shape index (κ1) is 7.71. The van der Waals surface area contributed by atoms with Crippen molar-refractivity contribution >= 4 is 5.82 Å². The Morgan fingerprint density at radius 2 is 2.08 bits per heavy atom. The summed E-state index contributed by atoms with van der Waals surface area (Å²) >= 11 is 0. The average molecular weight is 180 g/mol. The molecule has 0 aliphatic heterocycles. The van der Waals surface area contributed by atoms with Crippen molar-refractivity contribution < 1.29 is 4.63 Å². The van der Waals surface area contributed by atoms with Gasteiger partial charge in [-0.15, -0.1) is 10.2 Å². The highest BCUT2D eigenvalue weighted by molar-refractivity contribution is 5.62. The third kappa shape index (κ3) is 1.05. The minimum Gasteiger partial charge on any atom is -0.379 e. The van der Waals surface area contributed by atoms with Crippen molar-refractivity contribution in [3.63, 3.8) is 0 Å². The smallest absolute Gasteiger partial charge is 0.199 e. The van der Waals surface area contributed by atoms with Crippen LogP contribution in [0, 0.1) is 6.92 Å². The molecule has 2 rings (SSSR count). The zero-order valence-electron chi connectivity index (χ0n) is 7.22. The van der Waals surface area contributed by atoms with Gasteiger partial charge in [0, 0.05) is 7.05 Å². The summed E-state index contributed by atoms with van der Waals surface area (Å²) in [6, 6.07) is 0. The summed E-state index contributed by atoms with van der Waals surface area (Å²) in [7, 11) is 1.82. The molecule has 0 unspecified atom stereocenters. The monoisotopic (exact) mass is 180 g/mol. The summed E-state index contributed by atoms with van der Waals surface area (Å²) in [5, 5.41) is 14.8. The molecule has 13 heavy (non-hydrogen) atoms. The van der Waals surface area contributed by atoms with E-state index in [1.807, 2.05) is 14.0 Å². The lowest BCUT2D eigenvalue weighted by Crippen LogP contribution is -1.97. The fourth-order valence-corrected chi connectivity index (χ4v) is 0.964. The van der Waals surface area contributed by atoms with Crippen LogP contribution in [0.5, 0.6) is 0 Å². The van der Waals surface area contributed by atoms with E-state index in [4.69, 9.17) is 5.73 Å². The average Bonchev–Trinajstić information content (AvgIpc) is 2.62. The molecule has 0 fully saturated rings. The largest absolute Gasteiger partial charge is 0.379 e. The van der Waals surface area contributed by atoms with E-state index in [0.717, 1.165) is 5.82 Å². The lowest BCUT2D eigenvalue weighted by Gasteiger charge is -1.95. The van der Waals surface area contributed by atoms with Crippen molar-refractivity contribution in [3.8, 4) is 11.5 Å². The standard InChI is InChI=1S/C6H8N6O/c1-3-8-9-6(12(3)2)4-5(7)11-13-10-4/h1-2H3,(H2,7,11). The number of nitrogens with two attached hydrogens (primary N) is 1. The van der Waals surface area contributed by atoms with Crippen LogP contribution in [0.1, 0.15) is 5.82 Å². The number of hydrogen-bond acceptors (Lipinski definition) is 6. The molecule has 2 N–H and O–H groups in total. The Morgan fingerprint density at radius 3 is 2.54 bits per heavy atom. The van der Waals surface area contributed by atoms with Crippen molar-refractivity contribution in [1.29, 1.82) is 0 Å². The molecule has 0 spiro atoms. The summed E-state index contributed by atoms with van der Waals surface area (Å²) in [4.78, 5) is 0. The van der Waals surface area contributed by atoms with E-state index in [1.54, 1.807) is 4.57 Å². The predicted octanol–water partition coefficient (Wildman–Crippen LogP) is -0.244. The highest BCUT2D eigenvalue weighted by Gasteiger charge is 2.15. The Hall–Kier alpha value is -1.92. The molecule has 0 radical (unpaired) electrons. The number of anilines is 1. The third-order valence-electron chi connectivity index (χ3n) is 1.82. The van der Waals surface area contributed by atoms with Crippen molar-refractivity contribution in [2.75, 3.05) is 5.73 Å². The van der Waals surface area contributed by atoms with Crippen LogP contribution in [-0.4, -0.2) is 25.1 Å².